The highest BCUT2D eigenvalue weighted by molar-refractivity contribution is 6.74. The number of rotatable bonds is 4. The van der Waals surface area contributed by atoms with Gasteiger partial charge in [-0.25, -0.2) is 0 Å². The predicted octanol–water partition coefficient (Wildman–Crippen LogP) is 5.14. The lowest BCUT2D eigenvalue weighted by molar-refractivity contribution is -0.156. The summed E-state index contributed by atoms with van der Waals surface area (Å²) in [7, 11) is -0.529. The SMILES string of the molecule is C=C(C)[C@]1(C(=O)OC)C[C@@H]2C[C@@H](O[Si](C)(C)C(C)(C)C)C[C@@H](C)[C@]2(C)C1=O. The molecule has 2 rings (SSSR count). The van der Waals surface area contributed by atoms with E-state index in [1.54, 1.807) is 6.92 Å². The van der Waals surface area contributed by atoms with Crippen LogP contribution in [0.1, 0.15) is 60.8 Å². The molecule has 0 aromatic carbocycles. The molecule has 2 aliphatic carbocycles. The van der Waals surface area contributed by atoms with Gasteiger partial charge in [0, 0.05) is 11.5 Å². The summed E-state index contributed by atoms with van der Waals surface area (Å²) in [4.78, 5) is 26.3. The third kappa shape index (κ3) is 3.25. The molecule has 27 heavy (non-hydrogen) atoms. The van der Waals surface area contributed by atoms with Gasteiger partial charge < -0.3 is 9.16 Å². The van der Waals surface area contributed by atoms with Crippen LogP contribution in [0.2, 0.25) is 18.1 Å². The summed E-state index contributed by atoms with van der Waals surface area (Å²) in [5, 5.41) is 0.149. The van der Waals surface area contributed by atoms with Crippen LogP contribution in [-0.2, 0) is 18.8 Å². The highest BCUT2D eigenvalue weighted by Crippen LogP contribution is 2.61. The van der Waals surface area contributed by atoms with E-state index in [0.717, 1.165) is 12.8 Å². The van der Waals surface area contributed by atoms with Gasteiger partial charge in [0.15, 0.2) is 14.1 Å². The molecule has 0 spiro atoms. The van der Waals surface area contributed by atoms with E-state index in [0.29, 0.717) is 12.0 Å². The molecule has 5 heteroatoms. The van der Waals surface area contributed by atoms with Crippen molar-refractivity contribution < 1.29 is 18.8 Å². The Hall–Kier alpha value is -0.943. The Balaban J connectivity index is 2.37. The summed E-state index contributed by atoms with van der Waals surface area (Å²) in [6, 6.07) is 0. The lowest BCUT2D eigenvalue weighted by Crippen LogP contribution is -2.50. The van der Waals surface area contributed by atoms with E-state index >= 15 is 0 Å². The number of esters is 1. The van der Waals surface area contributed by atoms with Gasteiger partial charge in [0.05, 0.1) is 7.11 Å². The van der Waals surface area contributed by atoms with Crippen LogP contribution in [0, 0.1) is 22.7 Å². The molecule has 5 atom stereocenters. The molecule has 0 unspecified atom stereocenters. The van der Waals surface area contributed by atoms with Crippen LogP contribution in [0.5, 0.6) is 0 Å². The second kappa shape index (κ2) is 6.84. The monoisotopic (exact) mass is 394 g/mol. The Kier molecular flexibility index (Phi) is 5.66. The Morgan fingerprint density at radius 3 is 2.26 bits per heavy atom. The highest BCUT2D eigenvalue weighted by atomic mass is 28.4. The quantitative estimate of drug-likeness (QED) is 0.287. The fourth-order valence-corrected chi connectivity index (χ4v) is 6.29. The van der Waals surface area contributed by atoms with Crippen LogP contribution in [0.3, 0.4) is 0 Å². The van der Waals surface area contributed by atoms with Gasteiger partial charge in [-0.15, -0.1) is 0 Å². The second-order valence-electron chi connectivity index (χ2n) is 10.6. The average molecular weight is 395 g/mol. The van der Waals surface area contributed by atoms with Crippen LogP contribution >= 0.6 is 0 Å². The average Bonchev–Trinajstić information content (AvgIpc) is 2.76. The summed E-state index contributed by atoms with van der Waals surface area (Å²) in [6.45, 7) is 21.3. The first-order chi connectivity index (χ1) is 12.1. The maximum atomic E-state index is 13.6. The standard InChI is InChI=1S/C22H38O4Si/c1-14(2)22(19(24)25-8)13-16-12-17(26-27(9,10)20(4,5)6)11-15(3)21(16,7)18(22)23/h15-17H,1,11-13H2,2-10H3/t15-,16+,17+,21+,22-/m1/s1. The molecule has 0 radical (unpaired) electrons. The molecule has 0 N–H and O–H groups in total. The highest BCUT2D eigenvalue weighted by Gasteiger charge is 2.67. The van der Waals surface area contributed by atoms with Crippen molar-refractivity contribution in [3.8, 4) is 0 Å². The van der Waals surface area contributed by atoms with Gasteiger partial charge in [0.2, 0.25) is 0 Å². The van der Waals surface area contributed by atoms with Gasteiger partial charge in [-0.05, 0) is 56.2 Å². The van der Waals surface area contributed by atoms with E-state index in [9.17, 15) is 9.59 Å². The first kappa shape index (κ1) is 22.3. The summed E-state index contributed by atoms with van der Waals surface area (Å²) < 4.78 is 11.8. The molecular formula is C22H38O4Si. The maximum Gasteiger partial charge on any atom is 0.323 e. The molecule has 2 fully saturated rings. The molecule has 0 saturated heterocycles. The molecule has 0 aliphatic heterocycles. The molecular weight excluding hydrogens is 356 g/mol. The van der Waals surface area contributed by atoms with Crippen molar-refractivity contribution in [2.45, 2.75) is 85.0 Å². The zero-order valence-corrected chi connectivity index (χ0v) is 19.7. The maximum absolute atomic E-state index is 13.6. The summed E-state index contributed by atoms with van der Waals surface area (Å²) in [6.07, 6.45) is 2.32. The number of hydrogen-bond donors (Lipinski definition) is 0. The van der Waals surface area contributed by atoms with Crippen molar-refractivity contribution in [1.82, 2.24) is 0 Å². The van der Waals surface area contributed by atoms with E-state index in [-0.39, 0.29) is 28.8 Å². The number of ketones is 1. The minimum absolute atomic E-state index is 0.00220. The summed E-state index contributed by atoms with van der Waals surface area (Å²) in [5.74, 6) is -0.189. The Morgan fingerprint density at radius 1 is 1.26 bits per heavy atom. The Morgan fingerprint density at radius 2 is 1.81 bits per heavy atom. The number of ether oxygens (including phenoxy) is 1. The minimum Gasteiger partial charge on any atom is -0.468 e. The predicted molar refractivity (Wildman–Crippen MR) is 111 cm³/mol. The van der Waals surface area contributed by atoms with Crippen LogP contribution in [0.4, 0.5) is 0 Å². The number of carbonyl (C=O) groups excluding carboxylic acids is 2. The number of carbonyl (C=O) groups is 2. The molecule has 0 bridgehead atoms. The fraction of sp³-hybridized carbons (Fsp3) is 0.818. The molecule has 0 heterocycles. The first-order valence-electron chi connectivity index (χ1n) is 10.1. The number of methoxy groups -OCH3 is 1. The normalized spacial score (nSPS) is 37.1. The largest absolute Gasteiger partial charge is 0.468 e. The van der Waals surface area contributed by atoms with Gasteiger partial charge in [0.25, 0.3) is 0 Å². The van der Waals surface area contributed by atoms with Crippen molar-refractivity contribution in [2.75, 3.05) is 7.11 Å². The summed E-state index contributed by atoms with van der Waals surface area (Å²) in [5.41, 5.74) is -1.13. The van der Waals surface area contributed by atoms with E-state index in [2.05, 4.69) is 47.4 Å². The van der Waals surface area contributed by atoms with E-state index in [4.69, 9.17) is 9.16 Å². The molecule has 0 aromatic heterocycles. The van der Waals surface area contributed by atoms with Crippen LogP contribution < -0.4 is 0 Å². The molecule has 0 amide bonds. The topological polar surface area (TPSA) is 52.6 Å². The van der Waals surface area contributed by atoms with Gasteiger partial charge in [-0.3, -0.25) is 9.59 Å². The zero-order chi connectivity index (χ0) is 21.0. The first-order valence-corrected chi connectivity index (χ1v) is 13.0. The molecule has 4 nitrogen and oxygen atoms in total. The van der Waals surface area contributed by atoms with E-state index < -0.39 is 25.1 Å². The van der Waals surface area contributed by atoms with Crippen molar-refractivity contribution in [1.29, 1.82) is 0 Å². The van der Waals surface area contributed by atoms with E-state index in [1.807, 2.05) is 6.92 Å². The smallest absolute Gasteiger partial charge is 0.323 e. The Bertz CT molecular complexity index is 647. The van der Waals surface area contributed by atoms with E-state index in [1.165, 1.54) is 7.11 Å². The molecule has 154 valence electrons. The van der Waals surface area contributed by atoms with Gasteiger partial charge in [-0.2, -0.15) is 0 Å². The lowest BCUT2D eigenvalue weighted by atomic mass is 9.61. The van der Waals surface area contributed by atoms with Crippen molar-refractivity contribution in [3.63, 3.8) is 0 Å². The minimum atomic E-state index is -1.89. The van der Waals surface area contributed by atoms with Gasteiger partial charge in [-0.1, -0.05) is 46.8 Å². The van der Waals surface area contributed by atoms with Crippen LogP contribution in [-0.4, -0.2) is 33.3 Å². The fourth-order valence-electron chi connectivity index (χ4n) is 4.91. The number of fused-ring (bicyclic) bond motifs is 1. The third-order valence-corrected chi connectivity index (χ3v) is 12.5. The Labute approximate surface area is 166 Å². The van der Waals surface area contributed by atoms with Crippen molar-refractivity contribution in [3.05, 3.63) is 12.2 Å². The second-order valence-corrected chi connectivity index (χ2v) is 15.3. The summed E-state index contributed by atoms with van der Waals surface area (Å²) >= 11 is 0. The third-order valence-electron chi connectivity index (χ3n) is 7.99. The van der Waals surface area contributed by atoms with Crippen molar-refractivity contribution >= 4 is 20.1 Å². The molecule has 2 saturated carbocycles. The van der Waals surface area contributed by atoms with Gasteiger partial charge in [0.1, 0.15) is 5.41 Å². The molecule has 2 aliphatic rings. The van der Waals surface area contributed by atoms with Crippen LogP contribution in [0.15, 0.2) is 12.2 Å². The lowest BCUT2D eigenvalue weighted by Gasteiger charge is -2.47. The van der Waals surface area contributed by atoms with Crippen LogP contribution in [0.25, 0.3) is 0 Å². The number of hydrogen-bond acceptors (Lipinski definition) is 4. The zero-order valence-electron chi connectivity index (χ0n) is 18.7. The van der Waals surface area contributed by atoms with Gasteiger partial charge >= 0.3 is 5.97 Å². The van der Waals surface area contributed by atoms with Crippen molar-refractivity contribution in [2.24, 2.45) is 22.7 Å². The number of Topliss-reactive ketones (excluding diaryl/α,β-unsaturated/α-hetero) is 1. The molecule has 0 aromatic rings.